The number of aryl methyl sites for hydroxylation is 1. The third kappa shape index (κ3) is 4.12. The lowest BCUT2D eigenvalue weighted by Crippen LogP contribution is -2.33. The minimum Gasteiger partial charge on any atom is -0.497 e. The summed E-state index contributed by atoms with van der Waals surface area (Å²) in [7, 11) is 3.07. The van der Waals surface area contributed by atoms with Gasteiger partial charge in [0.15, 0.2) is 0 Å². The average Bonchev–Trinajstić information content (AvgIpc) is 2.95. The van der Waals surface area contributed by atoms with Crippen molar-refractivity contribution in [2.24, 2.45) is 0 Å². The van der Waals surface area contributed by atoms with Gasteiger partial charge in [-0.1, -0.05) is 6.07 Å². The topological polar surface area (TPSA) is 67.9 Å². The zero-order valence-electron chi connectivity index (χ0n) is 15.6. The number of thioether (sulfide) groups is 1. The number of nitrogens with one attached hydrogen (secondary N) is 1. The number of amides is 2. The van der Waals surface area contributed by atoms with Gasteiger partial charge in [0.05, 0.1) is 25.8 Å². The van der Waals surface area contributed by atoms with Gasteiger partial charge in [-0.3, -0.25) is 14.5 Å². The molecule has 6 nitrogen and oxygen atoms in total. The number of nitrogens with zero attached hydrogens (tertiary/aromatic N) is 1. The third-order valence-electron chi connectivity index (χ3n) is 4.22. The summed E-state index contributed by atoms with van der Waals surface area (Å²) in [6.07, 6.45) is 1.60. The Kier molecular flexibility index (Phi) is 5.89. The average molecular weight is 402 g/mol. The first-order chi connectivity index (χ1) is 13.4. The van der Waals surface area contributed by atoms with E-state index in [1.165, 1.54) is 19.2 Å². The van der Waals surface area contributed by atoms with Crippen LogP contribution in [0.25, 0.3) is 6.08 Å². The first kappa shape index (κ1) is 19.8. The van der Waals surface area contributed by atoms with Crippen molar-refractivity contribution in [2.45, 2.75) is 6.92 Å². The van der Waals surface area contributed by atoms with Crippen LogP contribution < -0.4 is 14.8 Å². The van der Waals surface area contributed by atoms with E-state index in [9.17, 15) is 14.0 Å². The van der Waals surface area contributed by atoms with Crippen molar-refractivity contribution in [1.29, 1.82) is 0 Å². The molecule has 1 N–H and O–H groups in total. The molecule has 3 rings (SSSR count). The molecule has 0 atom stereocenters. The molecule has 0 spiro atoms. The van der Waals surface area contributed by atoms with Gasteiger partial charge in [-0.25, -0.2) is 4.39 Å². The number of imide groups is 1. The van der Waals surface area contributed by atoms with E-state index < -0.39 is 17.0 Å². The van der Waals surface area contributed by atoms with Gasteiger partial charge in [0, 0.05) is 11.3 Å². The number of anilines is 1. The molecular weight excluding hydrogens is 383 g/mol. The smallest absolute Gasteiger partial charge is 0.295 e. The molecule has 0 saturated carbocycles. The Labute approximate surface area is 166 Å². The third-order valence-corrected chi connectivity index (χ3v) is 5.13. The normalized spacial score (nSPS) is 15.3. The predicted molar refractivity (Wildman–Crippen MR) is 107 cm³/mol. The molecule has 0 aliphatic carbocycles. The Morgan fingerprint density at radius 1 is 1.14 bits per heavy atom. The van der Waals surface area contributed by atoms with E-state index in [4.69, 9.17) is 9.47 Å². The molecule has 0 bridgehead atoms. The number of hydrogen-bond acceptors (Lipinski definition) is 6. The first-order valence-electron chi connectivity index (χ1n) is 8.40. The molecule has 2 aromatic carbocycles. The molecule has 0 aromatic heterocycles. The summed E-state index contributed by atoms with van der Waals surface area (Å²) >= 11 is 0.840. The summed E-state index contributed by atoms with van der Waals surface area (Å²) in [6.45, 7) is 1.76. The zero-order chi connectivity index (χ0) is 20.3. The molecule has 2 amide bonds. The Bertz CT molecular complexity index is 961. The number of methoxy groups -OCH3 is 2. The van der Waals surface area contributed by atoms with Crippen molar-refractivity contribution in [1.82, 2.24) is 4.90 Å². The van der Waals surface area contributed by atoms with Gasteiger partial charge in [-0.05, 0) is 60.7 Å². The van der Waals surface area contributed by atoms with Crippen LogP contribution in [-0.4, -0.2) is 36.9 Å². The maximum absolute atomic E-state index is 13.4. The van der Waals surface area contributed by atoms with Crippen molar-refractivity contribution in [3.05, 3.63) is 58.2 Å². The Hall–Kier alpha value is -3.00. The lowest BCUT2D eigenvalue weighted by Gasteiger charge is -2.16. The minimum atomic E-state index is -0.429. The summed E-state index contributed by atoms with van der Waals surface area (Å²) in [6, 6.07) is 9.49. The molecule has 1 aliphatic rings. The van der Waals surface area contributed by atoms with E-state index >= 15 is 0 Å². The molecule has 28 heavy (non-hydrogen) atoms. The molecule has 0 radical (unpaired) electrons. The monoisotopic (exact) mass is 402 g/mol. The molecule has 1 heterocycles. The molecule has 8 heteroatoms. The lowest BCUT2D eigenvalue weighted by molar-refractivity contribution is -0.122. The van der Waals surface area contributed by atoms with E-state index in [1.807, 2.05) is 6.92 Å². The molecule has 1 saturated heterocycles. The summed E-state index contributed by atoms with van der Waals surface area (Å²) in [5, 5.41) is 2.54. The van der Waals surface area contributed by atoms with Crippen molar-refractivity contribution >= 4 is 34.7 Å². The van der Waals surface area contributed by atoms with Crippen LogP contribution in [0.5, 0.6) is 11.5 Å². The van der Waals surface area contributed by atoms with E-state index in [-0.39, 0.29) is 11.6 Å². The molecule has 1 fully saturated rings. The number of halogens is 1. The molecule has 146 valence electrons. The maximum Gasteiger partial charge on any atom is 0.295 e. The van der Waals surface area contributed by atoms with Gasteiger partial charge in [-0.2, -0.15) is 0 Å². The van der Waals surface area contributed by atoms with Crippen molar-refractivity contribution < 1.29 is 23.5 Å². The first-order valence-corrected chi connectivity index (χ1v) is 9.22. The van der Waals surface area contributed by atoms with Crippen LogP contribution in [0.15, 0.2) is 41.3 Å². The van der Waals surface area contributed by atoms with Crippen LogP contribution in [0.1, 0.15) is 11.1 Å². The highest BCUT2D eigenvalue weighted by Gasteiger charge is 2.35. The Morgan fingerprint density at radius 3 is 2.64 bits per heavy atom. The van der Waals surface area contributed by atoms with Crippen molar-refractivity contribution in [3.8, 4) is 11.5 Å². The van der Waals surface area contributed by atoms with Crippen LogP contribution in [0.2, 0.25) is 0 Å². The van der Waals surface area contributed by atoms with Crippen LogP contribution in [0.4, 0.5) is 14.9 Å². The highest BCUT2D eigenvalue weighted by Crippen LogP contribution is 2.35. The Morgan fingerprint density at radius 2 is 1.93 bits per heavy atom. The number of carbonyl (C=O) groups is 2. The molecule has 1 aliphatic heterocycles. The highest BCUT2D eigenvalue weighted by atomic mass is 32.2. The second-order valence-electron chi connectivity index (χ2n) is 6.01. The molecule has 0 unspecified atom stereocenters. The second-order valence-corrected chi connectivity index (χ2v) is 7.00. The standard InChI is InChI=1S/C20H19FN2O4S/c1-12-4-5-14(21)10-16(12)22-11-23-19(24)18(28-20(23)25)9-13-8-15(26-2)6-7-17(13)27-3/h4-10,22H,11H2,1-3H3. The number of carbonyl (C=O) groups excluding carboxylic acids is 2. The second kappa shape index (κ2) is 8.35. The number of benzene rings is 2. The van der Waals surface area contributed by atoms with E-state index in [0.29, 0.717) is 22.7 Å². The summed E-state index contributed by atoms with van der Waals surface area (Å²) in [5.41, 5.74) is 1.96. The summed E-state index contributed by atoms with van der Waals surface area (Å²) < 4.78 is 23.9. The minimum absolute atomic E-state index is 0.0540. The van der Waals surface area contributed by atoms with Gasteiger partial charge >= 0.3 is 0 Å². The Balaban J connectivity index is 1.80. The van der Waals surface area contributed by atoms with Crippen molar-refractivity contribution in [2.75, 3.05) is 26.2 Å². The van der Waals surface area contributed by atoms with Crippen LogP contribution in [-0.2, 0) is 4.79 Å². The van der Waals surface area contributed by atoms with Gasteiger partial charge < -0.3 is 14.8 Å². The quantitative estimate of drug-likeness (QED) is 0.729. The zero-order valence-corrected chi connectivity index (χ0v) is 16.4. The largest absolute Gasteiger partial charge is 0.497 e. The van der Waals surface area contributed by atoms with Gasteiger partial charge in [0.1, 0.15) is 17.3 Å². The number of hydrogen-bond donors (Lipinski definition) is 1. The van der Waals surface area contributed by atoms with Gasteiger partial charge in [-0.15, -0.1) is 0 Å². The number of ether oxygens (including phenoxy) is 2. The van der Waals surface area contributed by atoms with E-state index in [2.05, 4.69) is 5.32 Å². The van der Waals surface area contributed by atoms with Gasteiger partial charge in [0.2, 0.25) is 0 Å². The van der Waals surface area contributed by atoms with Crippen LogP contribution in [0.3, 0.4) is 0 Å². The van der Waals surface area contributed by atoms with Crippen molar-refractivity contribution in [3.63, 3.8) is 0 Å². The fourth-order valence-corrected chi connectivity index (χ4v) is 3.51. The van der Waals surface area contributed by atoms with Gasteiger partial charge in [0.25, 0.3) is 11.1 Å². The number of rotatable bonds is 6. The molecular formula is C20H19FN2O4S. The fourth-order valence-electron chi connectivity index (χ4n) is 2.68. The van der Waals surface area contributed by atoms with Crippen LogP contribution >= 0.6 is 11.8 Å². The van der Waals surface area contributed by atoms with Crippen LogP contribution in [0, 0.1) is 12.7 Å². The summed E-state index contributed by atoms with van der Waals surface area (Å²) in [5.74, 6) is 0.337. The molecule has 2 aromatic rings. The maximum atomic E-state index is 13.4. The lowest BCUT2D eigenvalue weighted by atomic mass is 10.1. The summed E-state index contributed by atoms with van der Waals surface area (Å²) in [4.78, 5) is 26.3. The van der Waals surface area contributed by atoms with E-state index in [1.54, 1.807) is 37.5 Å². The predicted octanol–water partition coefficient (Wildman–Crippen LogP) is 4.26. The fraction of sp³-hybridized carbons (Fsp3) is 0.200. The highest BCUT2D eigenvalue weighted by molar-refractivity contribution is 8.18. The SMILES string of the molecule is COc1ccc(OC)c(C=C2SC(=O)N(CNc3cc(F)ccc3C)C2=O)c1. The van der Waals surface area contributed by atoms with E-state index in [0.717, 1.165) is 22.2 Å².